The van der Waals surface area contributed by atoms with Gasteiger partial charge in [-0.3, -0.25) is 4.90 Å². The van der Waals surface area contributed by atoms with E-state index in [2.05, 4.69) is 106 Å². The van der Waals surface area contributed by atoms with Gasteiger partial charge in [-0.1, -0.05) is 66.7 Å². The molecule has 0 spiro atoms. The number of para-hydroxylation sites is 2. The van der Waals surface area contributed by atoms with E-state index in [1.807, 2.05) is 0 Å². The van der Waals surface area contributed by atoms with Crippen molar-refractivity contribution in [2.45, 2.75) is 44.3 Å². The molecule has 32 heavy (non-hydrogen) atoms. The quantitative estimate of drug-likeness (QED) is 0.492. The molecule has 0 atom stereocenters. The van der Waals surface area contributed by atoms with Gasteiger partial charge in [0.25, 0.3) is 0 Å². The second-order valence-corrected chi connectivity index (χ2v) is 9.27. The number of hydrogen-bond acceptors (Lipinski definition) is 3. The molecule has 1 heterocycles. The Morgan fingerprint density at radius 1 is 0.625 bits per heavy atom. The second kappa shape index (κ2) is 10.2. The summed E-state index contributed by atoms with van der Waals surface area (Å²) in [5.74, 6) is 0. The zero-order valence-corrected chi connectivity index (χ0v) is 19.0. The molecule has 2 fully saturated rings. The summed E-state index contributed by atoms with van der Waals surface area (Å²) < 4.78 is 0. The van der Waals surface area contributed by atoms with Gasteiger partial charge in [0.05, 0.1) is 0 Å². The van der Waals surface area contributed by atoms with Gasteiger partial charge in [0.1, 0.15) is 0 Å². The van der Waals surface area contributed by atoms with Gasteiger partial charge in [0.2, 0.25) is 0 Å². The third kappa shape index (κ3) is 4.99. The first-order valence-corrected chi connectivity index (χ1v) is 12.3. The Kier molecular flexibility index (Phi) is 6.74. The van der Waals surface area contributed by atoms with Crippen LogP contribution in [-0.4, -0.2) is 43.2 Å². The predicted octanol–water partition coefficient (Wildman–Crippen LogP) is 5.83. The number of anilines is 2. The van der Waals surface area contributed by atoms with Crippen LogP contribution in [0.5, 0.6) is 0 Å². The molecule has 3 aromatic rings. The fourth-order valence-electron chi connectivity index (χ4n) is 5.55. The van der Waals surface area contributed by atoms with E-state index in [-0.39, 0.29) is 0 Å². The van der Waals surface area contributed by atoms with Gasteiger partial charge in [0, 0.05) is 56.2 Å². The second-order valence-electron chi connectivity index (χ2n) is 9.27. The van der Waals surface area contributed by atoms with E-state index >= 15 is 0 Å². The standard InChI is InChI=1S/C29H35N3/c1-4-10-25(11-5-1)24-32(28-14-8-3-9-15-28)29-18-16-27(17-19-29)31-22-20-30(21-23-31)26-12-6-2-7-13-26/h1-15,27,29H,16-24H2/t27-,29-. The van der Waals surface area contributed by atoms with Crippen LogP contribution in [0.1, 0.15) is 31.2 Å². The molecule has 0 amide bonds. The van der Waals surface area contributed by atoms with Crippen LogP contribution in [0.15, 0.2) is 91.0 Å². The number of piperazine rings is 1. The van der Waals surface area contributed by atoms with Gasteiger partial charge in [-0.05, 0) is 55.5 Å². The van der Waals surface area contributed by atoms with Crippen molar-refractivity contribution in [2.75, 3.05) is 36.0 Å². The Hall–Kier alpha value is -2.78. The Labute approximate surface area is 193 Å². The number of hydrogen-bond donors (Lipinski definition) is 0. The first kappa shape index (κ1) is 21.1. The van der Waals surface area contributed by atoms with Gasteiger partial charge >= 0.3 is 0 Å². The third-order valence-corrected chi connectivity index (χ3v) is 7.34. The van der Waals surface area contributed by atoms with Crippen LogP contribution < -0.4 is 9.80 Å². The minimum Gasteiger partial charge on any atom is -0.369 e. The predicted molar refractivity (Wildman–Crippen MR) is 135 cm³/mol. The normalized spacial score (nSPS) is 21.9. The third-order valence-electron chi connectivity index (χ3n) is 7.34. The molecule has 3 aromatic carbocycles. The summed E-state index contributed by atoms with van der Waals surface area (Å²) in [5.41, 5.74) is 4.13. The van der Waals surface area contributed by atoms with Gasteiger partial charge in [-0.15, -0.1) is 0 Å². The zero-order chi connectivity index (χ0) is 21.6. The fraction of sp³-hybridized carbons (Fsp3) is 0.379. The molecule has 1 aliphatic heterocycles. The molecule has 1 aliphatic carbocycles. The summed E-state index contributed by atoms with van der Waals surface area (Å²) in [6, 6.07) is 34.2. The Morgan fingerprint density at radius 3 is 1.81 bits per heavy atom. The lowest BCUT2D eigenvalue weighted by molar-refractivity contribution is 0.140. The van der Waals surface area contributed by atoms with Crippen molar-refractivity contribution in [3.63, 3.8) is 0 Å². The van der Waals surface area contributed by atoms with Crippen molar-refractivity contribution < 1.29 is 0 Å². The Morgan fingerprint density at radius 2 is 1.19 bits per heavy atom. The average Bonchev–Trinajstić information content (AvgIpc) is 2.89. The zero-order valence-electron chi connectivity index (χ0n) is 19.0. The van der Waals surface area contributed by atoms with E-state index < -0.39 is 0 Å². The SMILES string of the molecule is c1ccc(CN(c2ccccc2)[C@H]2CC[C@H](N3CCN(c4ccccc4)CC3)CC2)cc1. The van der Waals surface area contributed by atoms with Gasteiger partial charge in [-0.25, -0.2) is 0 Å². The average molecular weight is 426 g/mol. The smallest absolute Gasteiger partial charge is 0.0432 e. The van der Waals surface area contributed by atoms with E-state index in [1.165, 1.54) is 55.7 Å². The van der Waals surface area contributed by atoms with Crippen molar-refractivity contribution in [3.8, 4) is 0 Å². The molecular weight excluding hydrogens is 390 g/mol. The van der Waals surface area contributed by atoms with Crippen LogP contribution in [0.2, 0.25) is 0 Å². The first-order chi connectivity index (χ1) is 15.9. The van der Waals surface area contributed by atoms with Crippen LogP contribution in [0, 0.1) is 0 Å². The maximum absolute atomic E-state index is 2.76. The Bertz CT molecular complexity index is 928. The summed E-state index contributed by atoms with van der Waals surface area (Å²) in [7, 11) is 0. The molecule has 1 saturated carbocycles. The monoisotopic (exact) mass is 425 g/mol. The van der Waals surface area contributed by atoms with E-state index in [1.54, 1.807) is 0 Å². The van der Waals surface area contributed by atoms with Crippen molar-refractivity contribution in [2.24, 2.45) is 0 Å². The molecule has 3 nitrogen and oxygen atoms in total. The topological polar surface area (TPSA) is 9.72 Å². The van der Waals surface area contributed by atoms with Crippen LogP contribution in [-0.2, 0) is 6.54 Å². The highest BCUT2D eigenvalue weighted by Crippen LogP contribution is 2.31. The molecule has 0 N–H and O–H groups in total. The molecule has 5 rings (SSSR count). The van der Waals surface area contributed by atoms with E-state index in [4.69, 9.17) is 0 Å². The number of nitrogens with zero attached hydrogens (tertiary/aromatic N) is 3. The van der Waals surface area contributed by atoms with Crippen LogP contribution in [0.4, 0.5) is 11.4 Å². The molecule has 3 heteroatoms. The first-order valence-electron chi connectivity index (χ1n) is 12.3. The largest absolute Gasteiger partial charge is 0.369 e. The lowest BCUT2D eigenvalue weighted by atomic mass is 9.88. The molecule has 0 radical (unpaired) electrons. The fourth-order valence-corrected chi connectivity index (χ4v) is 5.55. The minimum absolute atomic E-state index is 0.625. The van der Waals surface area contributed by atoms with Crippen LogP contribution in [0.3, 0.4) is 0 Å². The van der Waals surface area contributed by atoms with Gasteiger partial charge < -0.3 is 9.80 Å². The minimum atomic E-state index is 0.625. The van der Waals surface area contributed by atoms with Crippen molar-refractivity contribution in [1.82, 2.24) is 4.90 Å². The van der Waals surface area contributed by atoms with Crippen molar-refractivity contribution in [1.29, 1.82) is 0 Å². The highest BCUT2D eigenvalue weighted by atomic mass is 15.3. The molecular formula is C29H35N3. The maximum Gasteiger partial charge on any atom is 0.0432 e. The molecule has 0 aromatic heterocycles. The van der Waals surface area contributed by atoms with Crippen LogP contribution in [0.25, 0.3) is 0 Å². The lowest BCUT2D eigenvalue weighted by Gasteiger charge is -2.44. The van der Waals surface area contributed by atoms with Crippen molar-refractivity contribution in [3.05, 3.63) is 96.6 Å². The summed E-state index contributed by atoms with van der Waals surface area (Å²) >= 11 is 0. The maximum atomic E-state index is 2.76. The van der Waals surface area contributed by atoms with E-state index in [9.17, 15) is 0 Å². The van der Waals surface area contributed by atoms with E-state index in [0.717, 1.165) is 25.7 Å². The molecule has 166 valence electrons. The molecule has 0 bridgehead atoms. The molecule has 1 saturated heterocycles. The molecule has 0 unspecified atom stereocenters. The summed E-state index contributed by atoms with van der Waals surface area (Å²) in [5, 5.41) is 0. The molecule has 2 aliphatic rings. The Balaban J connectivity index is 1.19. The van der Waals surface area contributed by atoms with E-state index in [0.29, 0.717) is 6.04 Å². The van der Waals surface area contributed by atoms with Gasteiger partial charge in [-0.2, -0.15) is 0 Å². The lowest BCUT2D eigenvalue weighted by Crippen LogP contribution is -2.52. The van der Waals surface area contributed by atoms with Crippen molar-refractivity contribution >= 4 is 11.4 Å². The van der Waals surface area contributed by atoms with Crippen LogP contribution >= 0.6 is 0 Å². The highest BCUT2D eigenvalue weighted by molar-refractivity contribution is 5.48. The number of rotatable bonds is 6. The van der Waals surface area contributed by atoms with Gasteiger partial charge in [0.15, 0.2) is 0 Å². The number of benzene rings is 3. The summed E-state index contributed by atoms with van der Waals surface area (Å²) in [6.45, 7) is 5.67. The summed E-state index contributed by atoms with van der Waals surface area (Å²) in [6.07, 6.45) is 5.19. The highest BCUT2D eigenvalue weighted by Gasteiger charge is 2.31. The summed E-state index contributed by atoms with van der Waals surface area (Å²) in [4.78, 5) is 7.96.